The number of esters is 1. The van der Waals surface area contributed by atoms with Gasteiger partial charge in [-0.15, -0.1) is 0 Å². The molecule has 2 heterocycles. The van der Waals surface area contributed by atoms with E-state index in [-0.39, 0.29) is 30.8 Å². The van der Waals surface area contributed by atoms with Gasteiger partial charge in [0.15, 0.2) is 0 Å². The predicted octanol–water partition coefficient (Wildman–Crippen LogP) is -2.73. The molecule has 0 bridgehead atoms. The predicted molar refractivity (Wildman–Crippen MR) is 77.7 cm³/mol. The molecule has 2 aliphatic rings. The van der Waals surface area contributed by atoms with Crippen molar-refractivity contribution in [1.82, 2.24) is 9.80 Å². The highest BCUT2D eigenvalue weighted by molar-refractivity contribution is 5.86. The quantitative estimate of drug-likeness (QED) is 0.550. The number of carbonyl (C=O) groups is 3. The molecule has 2 aliphatic heterocycles. The molecule has 1 amide bonds. The van der Waals surface area contributed by atoms with Crippen molar-refractivity contribution in [3.05, 3.63) is 0 Å². The van der Waals surface area contributed by atoms with Crippen LogP contribution in [0.2, 0.25) is 0 Å². The van der Waals surface area contributed by atoms with E-state index in [4.69, 9.17) is 4.74 Å². The van der Waals surface area contributed by atoms with E-state index >= 15 is 0 Å². The van der Waals surface area contributed by atoms with E-state index in [1.54, 1.807) is 0 Å². The molecule has 0 radical (unpaired) electrons. The van der Waals surface area contributed by atoms with Crippen molar-refractivity contribution in [2.45, 2.75) is 57.3 Å². The summed E-state index contributed by atoms with van der Waals surface area (Å²) in [6.07, 6.45) is 0.0353. The highest BCUT2D eigenvalue weighted by atomic mass is 16.5. The van der Waals surface area contributed by atoms with Gasteiger partial charge in [-0.05, 0) is 20.3 Å². The Labute approximate surface area is 135 Å². The van der Waals surface area contributed by atoms with Crippen molar-refractivity contribution >= 4 is 17.8 Å². The van der Waals surface area contributed by atoms with E-state index in [1.165, 1.54) is 12.0 Å². The fourth-order valence-electron chi connectivity index (χ4n) is 3.58. The van der Waals surface area contributed by atoms with Crippen molar-refractivity contribution in [3.8, 4) is 0 Å². The van der Waals surface area contributed by atoms with E-state index < -0.39 is 18.0 Å². The van der Waals surface area contributed by atoms with Crippen molar-refractivity contribution in [3.63, 3.8) is 0 Å². The number of likely N-dealkylation sites (tertiary alicyclic amines) is 1. The second-order valence-electron chi connectivity index (χ2n) is 6.45. The maximum atomic E-state index is 12.4. The second kappa shape index (κ2) is 7.27. The van der Waals surface area contributed by atoms with Gasteiger partial charge in [0, 0.05) is 31.4 Å². The molecule has 0 aromatic heterocycles. The number of methoxy groups -OCH3 is 1. The maximum Gasteiger partial charge on any atom is 0.328 e. The summed E-state index contributed by atoms with van der Waals surface area (Å²) in [4.78, 5) is 38.8. The number of carboxylic acid groups (broad SMARTS) is 1. The zero-order chi connectivity index (χ0) is 17.1. The smallest absolute Gasteiger partial charge is 0.328 e. The first kappa shape index (κ1) is 17.7. The summed E-state index contributed by atoms with van der Waals surface area (Å²) in [5, 5.41) is 12.8. The van der Waals surface area contributed by atoms with E-state index in [0.29, 0.717) is 19.0 Å². The number of hydrogen-bond acceptors (Lipinski definition) is 6. The zero-order valence-corrected chi connectivity index (χ0v) is 13.9. The minimum Gasteiger partial charge on any atom is -0.550 e. The third-order valence-corrected chi connectivity index (χ3v) is 4.79. The molecule has 23 heavy (non-hydrogen) atoms. The van der Waals surface area contributed by atoms with Crippen LogP contribution in [-0.4, -0.2) is 72.1 Å². The van der Waals surface area contributed by atoms with Crippen molar-refractivity contribution in [2.75, 3.05) is 20.3 Å². The van der Waals surface area contributed by atoms with Gasteiger partial charge in [-0.25, -0.2) is 9.69 Å². The van der Waals surface area contributed by atoms with Gasteiger partial charge >= 0.3 is 5.97 Å². The lowest BCUT2D eigenvalue weighted by Crippen LogP contribution is -2.89. The molecule has 0 aromatic rings. The van der Waals surface area contributed by atoms with Crippen LogP contribution in [0.4, 0.5) is 0 Å². The molecule has 0 saturated carbocycles. The maximum absolute atomic E-state index is 12.4. The summed E-state index contributed by atoms with van der Waals surface area (Å²) < 4.78 is 4.83. The van der Waals surface area contributed by atoms with Crippen LogP contribution < -0.4 is 10.4 Å². The number of quaternary nitrogens is 1. The Bertz CT molecular complexity index is 482. The standard InChI is InChI=1S/C15H25N3O5/c1-9(2)18-8-16-10-6-11(15(22)23-3)17(7-12(10)18)13(19)4-5-14(20)21/h9-12,16H,4-8H2,1-3H3,(H,20,21)/t10?,11-,12?/m0/s1. The van der Waals surface area contributed by atoms with E-state index in [9.17, 15) is 19.5 Å². The fourth-order valence-corrected chi connectivity index (χ4v) is 3.58. The normalized spacial score (nSPS) is 27.8. The number of piperidine rings is 1. The number of amides is 1. The summed E-state index contributed by atoms with van der Waals surface area (Å²) in [7, 11) is 1.30. The van der Waals surface area contributed by atoms with Gasteiger partial charge in [0.25, 0.3) is 0 Å². The number of carbonyl (C=O) groups excluding carboxylic acids is 3. The lowest BCUT2D eigenvalue weighted by molar-refractivity contribution is -0.678. The van der Waals surface area contributed by atoms with Gasteiger partial charge in [-0.2, -0.15) is 0 Å². The summed E-state index contributed by atoms with van der Waals surface area (Å²) in [5.74, 6) is -2.04. The third-order valence-electron chi connectivity index (χ3n) is 4.79. The first-order chi connectivity index (χ1) is 10.8. The van der Waals surface area contributed by atoms with Crippen molar-refractivity contribution in [1.29, 1.82) is 0 Å². The minimum atomic E-state index is -1.26. The van der Waals surface area contributed by atoms with Crippen LogP contribution in [0.15, 0.2) is 0 Å². The van der Waals surface area contributed by atoms with Gasteiger partial charge in [0.05, 0.1) is 13.2 Å². The van der Waals surface area contributed by atoms with Crippen molar-refractivity contribution in [2.24, 2.45) is 0 Å². The van der Waals surface area contributed by atoms with Gasteiger partial charge in [0.2, 0.25) is 5.91 Å². The van der Waals surface area contributed by atoms with E-state index in [2.05, 4.69) is 24.1 Å². The lowest BCUT2D eigenvalue weighted by Gasteiger charge is -2.41. The number of carboxylic acids is 1. The number of aliphatic carboxylic acids is 1. The SMILES string of the molecule is COC(=O)[C@@H]1CC2[NH2+]CN(C(C)C)C2CN1C(=O)CCC(=O)[O-]. The molecule has 0 aliphatic carbocycles. The summed E-state index contributed by atoms with van der Waals surface area (Å²) in [6, 6.07) is 0.115. The van der Waals surface area contributed by atoms with E-state index in [1.807, 2.05) is 0 Å². The van der Waals surface area contributed by atoms with Crippen molar-refractivity contribution < 1.29 is 29.5 Å². The number of nitrogens with zero attached hydrogens (tertiary/aromatic N) is 2. The van der Waals surface area contributed by atoms with Crippen LogP contribution in [0.25, 0.3) is 0 Å². The number of ether oxygens (including phenoxy) is 1. The average Bonchev–Trinajstić information content (AvgIpc) is 2.93. The fraction of sp³-hybridized carbons (Fsp3) is 0.800. The summed E-state index contributed by atoms with van der Waals surface area (Å²) in [5.41, 5.74) is 0. The minimum absolute atomic E-state index is 0.154. The van der Waals surface area contributed by atoms with Crippen LogP contribution in [0.3, 0.4) is 0 Å². The molecule has 2 fully saturated rings. The highest BCUT2D eigenvalue weighted by Crippen LogP contribution is 2.25. The highest BCUT2D eigenvalue weighted by Gasteiger charge is 2.49. The monoisotopic (exact) mass is 327 g/mol. The molecule has 3 atom stereocenters. The van der Waals surface area contributed by atoms with Gasteiger partial charge in [-0.3, -0.25) is 4.79 Å². The Hall–Kier alpha value is -1.67. The van der Waals surface area contributed by atoms with Gasteiger partial charge in [-0.1, -0.05) is 0 Å². The molecule has 2 rings (SSSR count). The van der Waals surface area contributed by atoms with Crippen LogP contribution in [-0.2, 0) is 19.1 Å². The topological polar surface area (TPSA) is 107 Å². The Morgan fingerprint density at radius 1 is 1.30 bits per heavy atom. The molecule has 2 N–H and O–H groups in total. The molecule has 8 nitrogen and oxygen atoms in total. The number of fused-ring (bicyclic) bond motifs is 1. The molecule has 130 valence electrons. The summed E-state index contributed by atoms with van der Waals surface area (Å²) in [6.45, 7) is 5.46. The van der Waals surface area contributed by atoms with Crippen LogP contribution in [0, 0.1) is 0 Å². The zero-order valence-electron chi connectivity index (χ0n) is 13.9. The van der Waals surface area contributed by atoms with Crippen LogP contribution in [0.1, 0.15) is 33.1 Å². The number of rotatable bonds is 5. The van der Waals surface area contributed by atoms with Gasteiger partial charge < -0.3 is 24.9 Å². The first-order valence-corrected chi connectivity index (χ1v) is 8.01. The summed E-state index contributed by atoms with van der Waals surface area (Å²) >= 11 is 0. The molecule has 2 saturated heterocycles. The largest absolute Gasteiger partial charge is 0.550 e. The molecular formula is C15H25N3O5. The Kier molecular flexibility index (Phi) is 5.59. The van der Waals surface area contributed by atoms with Crippen LogP contribution >= 0.6 is 0 Å². The molecule has 8 heteroatoms. The molecule has 2 unspecified atom stereocenters. The average molecular weight is 327 g/mol. The third kappa shape index (κ3) is 3.81. The van der Waals surface area contributed by atoms with Crippen LogP contribution in [0.5, 0.6) is 0 Å². The molecular weight excluding hydrogens is 302 g/mol. The Morgan fingerprint density at radius 3 is 2.57 bits per heavy atom. The Balaban J connectivity index is 2.15. The first-order valence-electron chi connectivity index (χ1n) is 8.01. The molecule has 0 spiro atoms. The molecule has 0 aromatic carbocycles. The number of hydrogen-bond donors (Lipinski definition) is 1. The van der Waals surface area contributed by atoms with E-state index in [0.717, 1.165) is 6.67 Å². The Morgan fingerprint density at radius 2 is 2.00 bits per heavy atom. The number of nitrogens with two attached hydrogens (primary N) is 1. The van der Waals surface area contributed by atoms with Gasteiger partial charge in [0.1, 0.15) is 18.8 Å². The lowest BCUT2D eigenvalue weighted by atomic mass is 9.92. The second-order valence-corrected chi connectivity index (χ2v) is 6.45.